The lowest BCUT2D eigenvalue weighted by Gasteiger charge is -2.33. The largest absolute Gasteiger partial charge is 0.492 e. The summed E-state index contributed by atoms with van der Waals surface area (Å²) in [7, 11) is -3.41. The van der Waals surface area contributed by atoms with Gasteiger partial charge in [-0.1, -0.05) is 42.5 Å². The van der Waals surface area contributed by atoms with Crippen LogP contribution in [-0.4, -0.2) is 31.9 Å². The molecule has 0 radical (unpaired) electrons. The monoisotopic (exact) mass is 478 g/mol. The predicted molar refractivity (Wildman–Crippen MR) is 134 cm³/mol. The quantitative estimate of drug-likeness (QED) is 0.587. The number of rotatable bonds is 6. The van der Waals surface area contributed by atoms with Crippen LogP contribution >= 0.6 is 0 Å². The second-order valence-corrected chi connectivity index (χ2v) is 11.1. The van der Waals surface area contributed by atoms with E-state index in [9.17, 15) is 13.2 Å². The number of hydrogen-bond donors (Lipinski definition) is 1. The summed E-state index contributed by atoms with van der Waals surface area (Å²) in [5.74, 6) is 0.711. The van der Waals surface area contributed by atoms with Crippen LogP contribution in [0.4, 0.5) is 0 Å². The third kappa shape index (κ3) is 4.42. The topological polar surface area (TPSA) is 77.4 Å². The van der Waals surface area contributed by atoms with E-state index < -0.39 is 10.0 Å². The van der Waals surface area contributed by atoms with Crippen molar-refractivity contribution in [1.82, 2.24) is 9.29 Å². The van der Waals surface area contributed by atoms with Gasteiger partial charge in [0.1, 0.15) is 5.75 Å². The van der Waals surface area contributed by atoms with Gasteiger partial charge in [-0.15, -0.1) is 0 Å². The van der Waals surface area contributed by atoms with Crippen molar-refractivity contribution in [3.63, 3.8) is 0 Å². The first-order valence-corrected chi connectivity index (χ1v) is 13.8. The molecule has 2 atom stereocenters. The summed E-state index contributed by atoms with van der Waals surface area (Å²) in [6, 6.07) is 16.2. The predicted octanol–water partition coefficient (Wildman–Crippen LogP) is 3.66. The third-order valence-electron chi connectivity index (χ3n) is 6.99. The Morgan fingerprint density at radius 3 is 2.71 bits per heavy atom. The molecule has 0 unspecified atom stereocenters. The molecule has 1 N–H and O–H groups in total. The normalized spacial score (nSPS) is 19.4. The maximum absolute atomic E-state index is 13.3. The zero-order valence-electron chi connectivity index (χ0n) is 19.6. The van der Waals surface area contributed by atoms with Crippen molar-refractivity contribution < 1.29 is 13.2 Å². The Labute approximate surface area is 200 Å². The highest BCUT2D eigenvalue weighted by molar-refractivity contribution is 7.88. The van der Waals surface area contributed by atoms with Crippen LogP contribution in [-0.2, 0) is 35.8 Å². The molecule has 1 aliphatic carbocycles. The number of aryl methyl sites for hydroxylation is 2. The van der Waals surface area contributed by atoms with E-state index >= 15 is 0 Å². The third-order valence-corrected chi connectivity index (χ3v) is 7.72. The number of aromatic nitrogens is 1. The van der Waals surface area contributed by atoms with Crippen LogP contribution < -0.4 is 15.0 Å². The number of hydrogen-bond acceptors (Lipinski definition) is 4. The van der Waals surface area contributed by atoms with E-state index in [0.717, 1.165) is 40.0 Å². The van der Waals surface area contributed by atoms with Gasteiger partial charge in [0.05, 0.1) is 12.9 Å². The van der Waals surface area contributed by atoms with Gasteiger partial charge in [-0.25, -0.2) is 13.1 Å². The van der Waals surface area contributed by atoms with Gasteiger partial charge in [0.15, 0.2) is 0 Å². The zero-order valence-corrected chi connectivity index (χ0v) is 20.4. The number of nitrogens with one attached hydrogen (secondary N) is 1. The van der Waals surface area contributed by atoms with Crippen LogP contribution in [0.5, 0.6) is 5.75 Å². The summed E-state index contributed by atoms with van der Waals surface area (Å²) in [4.78, 5) is 13.3. The van der Waals surface area contributed by atoms with Crippen molar-refractivity contribution in [2.75, 3.05) is 12.9 Å². The van der Waals surface area contributed by atoms with Gasteiger partial charge in [0.2, 0.25) is 10.0 Å². The van der Waals surface area contributed by atoms with E-state index in [1.807, 2.05) is 25.3 Å². The van der Waals surface area contributed by atoms with Crippen LogP contribution in [0.1, 0.15) is 41.5 Å². The van der Waals surface area contributed by atoms with Crippen molar-refractivity contribution in [3.05, 3.63) is 87.3 Å². The van der Waals surface area contributed by atoms with Gasteiger partial charge >= 0.3 is 0 Å². The molecule has 0 fully saturated rings. The molecule has 178 valence electrons. The molecule has 5 rings (SSSR count). The average Bonchev–Trinajstić information content (AvgIpc) is 3.29. The summed E-state index contributed by atoms with van der Waals surface area (Å²) in [5, 5.41) is 0. The molecular weight excluding hydrogens is 448 g/mol. The molecule has 6 nitrogen and oxygen atoms in total. The molecule has 2 aromatic carbocycles. The minimum absolute atomic E-state index is 0.0181. The fourth-order valence-corrected chi connectivity index (χ4v) is 6.26. The standard InChI is InChI=1S/C27H30N2O4S/c1-3-29-14-12-19-10-11-24(28-34(2,31)32)23(25(19)27(29)30)17-18-6-4-8-21(16-18)22-9-5-7-20-13-15-33-26(20)22/h4-9,12,14,16,23-24,28H,3,10-11,13,15,17H2,1-2H3/t23-,24-/m0/s1. The van der Waals surface area contributed by atoms with Crippen LogP contribution in [0.15, 0.2) is 59.5 Å². The summed E-state index contributed by atoms with van der Waals surface area (Å²) in [6.45, 7) is 3.23. The first-order chi connectivity index (χ1) is 16.3. The van der Waals surface area contributed by atoms with E-state index in [2.05, 4.69) is 41.1 Å². The van der Waals surface area contributed by atoms with E-state index in [1.54, 1.807) is 4.57 Å². The zero-order chi connectivity index (χ0) is 23.9. The Balaban J connectivity index is 1.55. The molecule has 34 heavy (non-hydrogen) atoms. The second-order valence-electron chi connectivity index (χ2n) is 9.28. The number of sulfonamides is 1. The lowest BCUT2D eigenvalue weighted by molar-refractivity contribution is 0.358. The van der Waals surface area contributed by atoms with Gasteiger partial charge in [-0.2, -0.15) is 0 Å². The van der Waals surface area contributed by atoms with Crippen LogP contribution in [0.25, 0.3) is 11.1 Å². The summed E-state index contributed by atoms with van der Waals surface area (Å²) >= 11 is 0. The highest BCUT2D eigenvalue weighted by Gasteiger charge is 2.34. The minimum atomic E-state index is -3.41. The molecule has 0 saturated heterocycles. The first-order valence-electron chi connectivity index (χ1n) is 11.9. The van der Waals surface area contributed by atoms with Gasteiger partial charge < -0.3 is 9.30 Å². The SMILES string of the molecule is CCn1ccc2c(c1=O)[C@@H](Cc1cccc(-c3cccc4c3OCC4)c1)[C@@H](NS(C)(=O)=O)CC2. The number of nitrogens with zero attached hydrogens (tertiary/aromatic N) is 1. The van der Waals surface area contributed by atoms with Crippen molar-refractivity contribution >= 4 is 10.0 Å². The van der Waals surface area contributed by atoms with Crippen LogP contribution in [0.3, 0.4) is 0 Å². The second kappa shape index (κ2) is 9.04. The Morgan fingerprint density at radius 2 is 1.91 bits per heavy atom. The van der Waals surface area contributed by atoms with Gasteiger partial charge in [0, 0.05) is 42.2 Å². The molecule has 7 heteroatoms. The molecule has 3 aromatic rings. The maximum atomic E-state index is 13.3. The van der Waals surface area contributed by atoms with Crippen LogP contribution in [0.2, 0.25) is 0 Å². The molecule has 2 aliphatic rings. The van der Waals surface area contributed by atoms with Crippen molar-refractivity contribution in [3.8, 4) is 16.9 Å². The van der Waals surface area contributed by atoms with Gasteiger partial charge in [-0.05, 0) is 54.5 Å². The molecule has 0 bridgehead atoms. The maximum Gasteiger partial charge on any atom is 0.254 e. The number of fused-ring (bicyclic) bond motifs is 2. The fraction of sp³-hybridized carbons (Fsp3) is 0.370. The minimum Gasteiger partial charge on any atom is -0.492 e. The molecule has 0 saturated carbocycles. The summed E-state index contributed by atoms with van der Waals surface area (Å²) < 4.78 is 34.7. The number of para-hydroxylation sites is 1. The number of benzene rings is 2. The van der Waals surface area contributed by atoms with Gasteiger partial charge in [-0.3, -0.25) is 4.79 Å². The van der Waals surface area contributed by atoms with Crippen LogP contribution in [0, 0.1) is 0 Å². The number of pyridine rings is 1. The smallest absolute Gasteiger partial charge is 0.254 e. The summed E-state index contributed by atoms with van der Waals surface area (Å²) in [6.07, 6.45) is 5.88. The molecule has 2 heterocycles. The van der Waals surface area contributed by atoms with Crippen molar-refractivity contribution in [2.45, 2.75) is 51.1 Å². The molecule has 0 amide bonds. The molecule has 1 aromatic heterocycles. The highest BCUT2D eigenvalue weighted by atomic mass is 32.2. The Kier molecular flexibility index (Phi) is 6.08. The van der Waals surface area contributed by atoms with Crippen molar-refractivity contribution in [2.24, 2.45) is 0 Å². The van der Waals surface area contributed by atoms with E-state index in [-0.39, 0.29) is 17.5 Å². The van der Waals surface area contributed by atoms with E-state index in [4.69, 9.17) is 4.74 Å². The Hall–Kier alpha value is -2.90. The van der Waals surface area contributed by atoms with E-state index in [1.165, 1.54) is 11.8 Å². The first kappa shape index (κ1) is 22.9. The average molecular weight is 479 g/mol. The Bertz CT molecular complexity index is 1390. The molecule has 1 aliphatic heterocycles. The fourth-order valence-electron chi connectivity index (χ4n) is 5.43. The lowest BCUT2D eigenvalue weighted by atomic mass is 9.77. The van der Waals surface area contributed by atoms with Gasteiger partial charge in [0.25, 0.3) is 5.56 Å². The van der Waals surface area contributed by atoms with E-state index in [0.29, 0.717) is 32.4 Å². The number of ether oxygens (including phenoxy) is 1. The Morgan fingerprint density at radius 1 is 1.09 bits per heavy atom. The van der Waals surface area contributed by atoms with Crippen molar-refractivity contribution in [1.29, 1.82) is 0 Å². The lowest BCUT2D eigenvalue weighted by Crippen LogP contribution is -2.45. The summed E-state index contributed by atoms with van der Waals surface area (Å²) in [5.41, 5.74) is 6.18. The highest BCUT2D eigenvalue weighted by Crippen LogP contribution is 2.38. The molecule has 0 spiro atoms. The molecular formula is C27H30N2O4S.